The minimum atomic E-state index is 0.621. The molecule has 2 aromatic rings. The Kier molecular flexibility index (Phi) is 4.55. The van der Waals surface area contributed by atoms with Crippen molar-refractivity contribution in [2.45, 2.75) is 13.5 Å². The minimum absolute atomic E-state index is 0.621. The van der Waals surface area contributed by atoms with E-state index in [1.54, 1.807) is 13.3 Å². The maximum Gasteiger partial charge on any atom is 0.212 e. The first-order chi connectivity index (χ1) is 9.31. The highest BCUT2D eigenvalue weighted by molar-refractivity contribution is 5.45. The monoisotopic (exact) mass is 258 g/mol. The molecule has 0 atom stereocenters. The highest BCUT2D eigenvalue weighted by Crippen LogP contribution is 2.11. The molecule has 0 aliphatic rings. The second kappa shape index (κ2) is 6.58. The summed E-state index contributed by atoms with van der Waals surface area (Å²) >= 11 is 0. The van der Waals surface area contributed by atoms with E-state index in [2.05, 4.69) is 20.6 Å². The number of methoxy groups -OCH3 is 1. The second-order valence-electron chi connectivity index (χ2n) is 4.00. The van der Waals surface area contributed by atoms with Crippen molar-refractivity contribution in [3.05, 3.63) is 42.1 Å². The first-order valence-electron chi connectivity index (χ1n) is 6.25. The number of nitrogens with zero attached hydrogens (tertiary/aromatic N) is 2. The van der Waals surface area contributed by atoms with Crippen molar-refractivity contribution in [1.82, 2.24) is 9.97 Å². The van der Waals surface area contributed by atoms with E-state index < -0.39 is 0 Å². The summed E-state index contributed by atoms with van der Waals surface area (Å²) in [5.74, 6) is 2.34. The van der Waals surface area contributed by atoms with Crippen LogP contribution < -0.4 is 15.4 Å². The quantitative estimate of drug-likeness (QED) is 0.833. The molecule has 0 radical (unpaired) electrons. The minimum Gasteiger partial charge on any atom is -0.481 e. The lowest BCUT2D eigenvalue weighted by Gasteiger charge is -2.08. The molecule has 100 valence electrons. The van der Waals surface area contributed by atoms with Gasteiger partial charge in [-0.15, -0.1) is 0 Å². The first-order valence-corrected chi connectivity index (χ1v) is 6.25. The number of rotatable bonds is 6. The Labute approximate surface area is 113 Å². The van der Waals surface area contributed by atoms with E-state index in [-0.39, 0.29) is 0 Å². The van der Waals surface area contributed by atoms with Gasteiger partial charge in [-0.25, -0.2) is 9.97 Å². The molecule has 0 aliphatic heterocycles. The molecule has 0 spiro atoms. The second-order valence-corrected chi connectivity index (χ2v) is 4.00. The van der Waals surface area contributed by atoms with Gasteiger partial charge >= 0.3 is 0 Å². The van der Waals surface area contributed by atoms with E-state index in [1.165, 1.54) is 0 Å². The molecule has 2 rings (SSSR count). The van der Waals surface area contributed by atoms with Crippen LogP contribution in [0.15, 0.2) is 36.5 Å². The average molecular weight is 258 g/mol. The molecule has 0 amide bonds. The van der Waals surface area contributed by atoms with Gasteiger partial charge in [0.2, 0.25) is 5.88 Å². The SMILES string of the molecule is CCNc1cccc(NCc2ccc(OC)nc2)n1. The van der Waals surface area contributed by atoms with Gasteiger partial charge < -0.3 is 15.4 Å². The number of ether oxygens (including phenoxy) is 1. The van der Waals surface area contributed by atoms with Crippen molar-refractivity contribution in [3.8, 4) is 5.88 Å². The Bertz CT molecular complexity index is 513. The van der Waals surface area contributed by atoms with Gasteiger partial charge in [0.1, 0.15) is 11.6 Å². The van der Waals surface area contributed by atoms with Crippen LogP contribution in [0.25, 0.3) is 0 Å². The third-order valence-corrected chi connectivity index (χ3v) is 2.59. The van der Waals surface area contributed by atoms with E-state index >= 15 is 0 Å². The number of hydrogen-bond acceptors (Lipinski definition) is 5. The highest BCUT2D eigenvalue weighted by atomic mass is 16.5. The lowest BCUT2D eigenvalue weighted by Crippen LogP contribution is -2.04. The lowest BCUT2D eigenvalue weighted by atomic mass is 10.3. The summed E-state index contributed by atoms with van der Waals surface area (Å²) in [6.07, 6.45) is 1.79. The summed E-state index contributed by atoms with van der Waals surface area (Å²) in [6, 6.07) is 9.69. The molecule has 2 aromatic heterocycles. The summed E-state index contributed by atoms with van der Waals surface area (Å²) in [5, 5.41) is 6.45. The standard InChI is InChI=1S/C14H18N4O/c1-3-15-12-5-4-6-13(18-12)16-9-11-7-8-14(19-2)17-10-11/h4-8,10H,3,9H2,1-2H3,(H2,15,16,18). The van der Waals surface area contributed by atoms with Gasteiger partial charge in [-0.2, -0.15) is 0 Å². The Balaban J connectivity index is 1.95. The molecule has 0 bridgehead atoms. The van der Waals surface area contributed by atoms with Crippen LogP contribution in [0.5, 0.6) is 5.88 Å². The van der Waals surface area contributed by atoms with Gasteiger partial charge in [0.25, 0.3) is 0 Å². The summed E-state index contributed by atoms with van der Waals surface area (Å²) in [6.45, 7) is 3.59. The molecule has 5 nitrogen and oxygen atoms in total. The predicted molar refractivity (Wildman–Crippen MR) is 76.5 cm³/mol. The number of pyridine rings is 2. The fourth-order valence-electron chi connectivity index (χ4n) is 1.64. The lowest BCUT2D eigenvalue weighted by molar-refractivity contribution is 0.397. The molecule has 0 saturated heterocycles. The Morgan fingerprint density at radius 2 is 1.89 bits per heavy atom. The van der Waals surface area contributed by atoms with Gasteiger partial charge in [0.05, 0.1) is 7.11 Å². The Morgan fingerprint density at radius 3 is 2.53 bits per heavy atom. The maximum atomic E-state index is 5.02. The van der Waals surface area contributed by atoms with Gasteiger partial charge in [0.15, 0.2) is 0 Å². The average Bonchev–Trinajstić information content (AvgIpc) is 2.46. The first kappa shape index (κ1) is 13.1. The summed E-state index contributed by atoms with van der Waals surface area (Å²) < 4.78 is 5.02. The third kappa shape index (κ3) is 3.84. The van der Waals surface area contributed by atoms with Crippen LogP contribution in [0.3, 0.4) is 0 Å². The van der Waals surface area contributed by atoms with Crippen molar-refractivity contribution in [3.63, 3.8) is 0 Å². The van der Waals surface area contributed by atoms with Crippen molar-refractivity contribution in [2.24, 2.45) is 0 Å². The zero-order valence-corrected chi connectivity index (χ0v) is 11.2. The van der Waals surface area contributed by atoms with Gasteiger partial charge in [-0.1, -0.05) is 12.1 Å². The highest BCUT2D eigenvalue weighted by Gasteiger charge is 1.98. The van der Waals surface area contributed by atoms with E-state index in [0.29, 0.717) is 12.4 Å². The predicted octanol–water partition coefficient (Wildman–Crippen LogP) is 2.53. The number of hydrogen-bond donors (Lipinski definition) is 2. The van der Waals surface area contributed by atoms with Crippen molar-refractivity contribution >= 4 is 11.6 Å². The van der Waals surface area contributed by atoms with E-state index in [9.17, 15) is 0 Å². The Hall–Kier alpha value is -2.30. The van der Waals surface area contributed by atoms with E-state index in [4.69, 9.17) is 4.74 Å². The van der Waals surface area contributed by atoms with Crippen LogP contribution in [-0.4, -0.2) is 23.6 Å². The van der Waals surface area contributed by atoms with Crippen molar-refractivity contribution in [2.75, 3.05) is 24.3 Å². The van der Waals surface area contributed by atoms with Gasteiger partial charge in [0, 0.05) is 25.4 Å². The van der Waals surface area contributed by atoms with Gasteiger partial charge in [-0.3, -0.25) is 0 Å². The summed E-state index contributed by atoms with van der Waals surface area (Å²) in [4.78, 5) is 8.61. The van der Waals surface area contributed by atoms with Gasteiger partial charge in [-0.05, 0) is 24.6 Å². The fourth-order valence-corrected chi connectivity index (χ4v) is 1.64. The molecule has 0 unspecified atom stereocenters. The van der Waals surface area contributed by atoms with E-state index in [0.717, 1.165) is 23.7 Å². The van der Waals surface area contributed by atoms with Crippen molar-refractivity contribution in [1.29, 1.82) is 0 Å². The molecule has 0 aliphatic carbocycles. The van der Waals surface area contributed by atoms with Crippen LogP contribution in [-0.2, 0) is 6.54 Å². The zero-order chi connectivity index (χ0) is 13.5. The maximum absolute atomic E-state index is 5.02. The topological polar surface area (TPSA) is 59.1 Å². The van der Waals surface area contributed by atoms with Crippen molar-refractivity contribution < 1.29 is 4.74 Å². The largest absolute Gasteiger partial charge is 0.481 e. The summed E-state index contributed by atoms with van der Waals surface area (Å²) in [7, 11) is 1.61. The third-order valence-electron chi connectivity index (χ3n) is 2.59. The number of nitrogens with one attached hydrogen (secondary N) is 2. The molecule has 5 heteroatoms. The molecule has 0 saturated carbocycles. The Morgan fingerprint density at radius 1 is 1.11 bits per heavy atom. The smallest absolute Gasteiger partial charge is 0.212 e. The zero-order valence-electron chi connectivity index (χ0n) is 11.2. The van der Waals surface area contributed by atoms with Crippen LogP contribution in [0.2, 0.25) is 0 Å². The number of aromatic nitrogens is 2. The molecular formula is C14H18N4O. The molecule has 19 heavy (non-hydrogen) atoms. The van der Waals surface area contributed by atoms with Crippen LogP contribution in [0.4, 0.5) is 11.6 Å². The molecular weight excluding hydrogens is 240 g/mol. The fraction of sp³-hybridized carbons (Fsp3) is 0.286. The van der Waals surface area contributed by atoms with Crippen LogP contribution >= 0.6 is 0 Å². The van der Waals surface area contributed by atoms with Crippen LogP contribution in [0, 0.1) is 0 Å². The van der Waals surface area contributed by atoms with Crippen LogP contribution in [0.1, 0.15) is 12.5 Å². The number of anilines is 2. The summed E-state index contributed by atoms with van der Waals surface area (Å²) in [5.41, 5.74) is 1.08. The molecule has 2 heterocycles. The molecule has 0 aromatic carbocycles. The normalized spacial score (nSPS) is 10.0. The molecule has 2 N–H and O–H groups in total. The van der Waals surface area contributed by atoms with E-state index in [1.807, 2.05) is 37.3 Å². The molecule has 0 fully saturated rings.